The lowest BCUT2D eigenvalue weighted by Gasteiger charge is -2.04. The molecule has 4 heteroatoms. The zero-order valence-electron chi connectivity index (χ0n) is 8.88. The first-order valence-corrected chi connectivity index (χ1v) is 4.97. The van der Waals surface area contributed by atoms with Crippen molar-refractivity contribution in [2.45, 2.75) is 6.61 Å². The first-order valence-electron chi connectivity index (χ1n) is 4.97. The van der Waals surface area contributed by atoms with Crippen molar-refractivity contribution in [3.63, 3.8) is 0 Å². The molecule has 1 radical (unpaired) electrons. The van der Waals surface area contributed by atoms with E-state index < -0.39 is 5.43 Å². The highest BCUT2D eigenvalue weighted by Gasteiger charge is 2.04. The fraction of sp³-hybridized carbons (Fsp3) is 0.0769. The summed E-state index contributed by atoms with van der Waals surface area (Å²) in [5.74, 6) is -0.0603. The van der Waals surface area contributed by atoms with Crippen molar-refractivity contribution in [3.8, 4) is 5.75 Å². The van der Waals surface area contributed by atoms with Gasteiger partial charge in [0.2, 0.25) is 11.2 Å². The standard InChI is InChI=1S/C13H9O4/c14-7-11-6-12(15)13(9-16-11)17-8-10-4-2-1-3-5-10/h1-6,9H,8H2. The van der Waals surface area contributed by atoms with Crippen LogP contribution in [0.2, 0.25) is 0 Å². The molecule has 0 saturated carbocycles. The normalized spacial score (nSPS) is 9.88. The van der Waals surface area contributed by atoms with E-state index in [-0.39, 0.29) is 18.1 Å². The molecule has 2 aromatic rings. The van der Waals surface area contributed by atoms with Crippen LogP contribution >= 0.6 is 0 Å². The maximum absolute atomic E-state index is 11.5. The summed E-state index contributed by atoms with van der Waals surface area (Å²) in [7, 11) is 0. The molecule has 0 atom stereocenters. The van der Waals surface area contributed by atoms with Crippen LogP contribution in [0.15, 0.2) is 51.9 Å². The lowest BCUT2D eigenvalue weighted by atomic mass is 10.2. The molecule has 1 heterocycles. The molecule has 0 N–H and O–H groups in total. The van der Waals surface area contributed by atoms with Gasteiger partial charge in [-0.15, -0.1) is 0 Å². The second-order valence-corrected chi connectivity index (χ2v) is 3.35. The fourth-order valence-electron chi connectivity index (χ4n) is 1.29. The summed E-state index contributed by atoms with van der Waals surface area (Å²) >= 11 is 0. The topological polar surface area (TPSA) is 56.5 Å². The number of benzene rings is 1. The van der Waals surface area contributed by atoms with Crippen molar-refractivity contribution in [3.05, 3.63) is 64.2 Å². The average Bonchev–Trinajstić information content (AvgIpc) is 2.38. The molecule has 0 spiro atoms. The van der Waals surface area contributed by atoms with Crippen LogP contribution in [0.4, 0.5) is 0 Å². The maximum Gasteiger partial charge on any atom is 0.272 e. The van der Waals surface area contributed by atoms with Gasteiger partial charge < -0.3 is 9.15 Å². The van der Waals surface area contributed by atoms with Crippen LogP contribution in [0.25, 0.3) is 0 Å². The Hall–Kier alpha value is -2.36. The fourth-order valence-corrected chi connectivity index (χ4v) is 1.29. The smallest absolute Gasteiger partial charge is 0.272 e. The van der Waals surface area contributed by atoms with Gasteiger partial charge in [0.25, 0.3) is 6.29 Å². The quantitative estimate of drug-likeness (QED) is 0.800. The Balaban J connectivity index is 2.10. The van der Waals surface area contributed by atoms with Gasteiger partial charge in [-0.1, -0.05) is 30.3 Å². The third kappa shape index (κ3) is 2.81. The average molecular weight is 229 g/mol. The van der Waals surface area contributed by atoms with Crippen LogP contribution < -0.4 is 10.2 Å². The van der Waals surface area contributed by atoms with E-state index in [1.807, 2.05) is 30.3 Å². The largest absolute Gasteiger partial charge is 0.482 e. The minimum atomic E-state index is -0.398. The van der Waals surface area contributed by atoms with Crippen LogP contribution in [0.5, 0.6) is 5.75 Å². The zero-order valence-corrected chi connectivity index (χ0v) is 8.88. The van der Waals surface area contributed by atoms with Crippen molar-refractivity contribution in [2.24, 2.45) is 0 Å². The Morgan fingerprint density at radius 1 is 1.24 bits per heavy atom. The molecule has 0 aliphatic rings. The molecule has 0 amide bonds. The minimum absolute atomic E-state index is 0.0767. The summed E-state index contributed by atoms with van der Waals surface area (Å²) in [6.45, 7) is 0.274. The maximum atomic E-state index is 11.5. The zero-order chi connectivity index (χ0) is 12.1. The van der Waals surface area contributed by atoms with E-state index in [1.54, 1.807) is 0 Å². The van der Waals surface area contributed by atoms with Gasteiger partial charge in [0, 0.05) is 6.07 Å². The van der Waals surface area contributed by atoms with Gasteiger partial charge in [-0.05, 0) is 5.56 Å². The number of carbonyl (C=O) groups excluding carboxylic acids is 1. The minimum Gasteiger partial charge on any atom is -0.482 e. The molecule has 0 saturated heterocycles. The van der Waals surface area contributed by atoms with Crippen molar-refractivity contribution < 1.29 is 13.9 Å². The van der Waals surface area contributed by atoms with Crippen LogP contribution in [-0.2, 0) is 11.4 Å². The summed E-state index contributed by atoms with van der Waals surface area (Å²) < 4.78 is 10.1. The van der Waals surface area contributed by atoms with Gasteiger partial charge in [-0.3, -0.25) is 9.59 Å². The third-order valence-corrected chi connectivity index (χ3v) is 2.14. The molecular weight excluding hydrogens is 220 g/mol. The Kier molecular flexibility index (Phi) is 3.35. The molecule has 0 aliphatic carbocycles. The molecule has 0 unspecified atom stereocenters. The van der Waals surface area contributed by atoms with Gasteiger partial charge in [0.15, 0.2) is 5.76 Å². The Morgan fingerprint density at radius 3 is 2.65 bits per heavy atom. The highest BCUT2D eigenvalue weighted by atomic mass is 16.5. The highest BCUT2D eigenvalue weighted by molar-refractivity contribution is 5.70. The molecule has 17 heavy (non-hydrogen) atoms. The van der Waals surface area contributed by atoms with Crippen molar-refractivity contribution in [1.29, 1.82) is 0 Å². The van der Waals surface area contributed by atoms with Crippen LogP contribution in [0.3, 0.4) is 0 Å². The van der Waals surface area contributed by atoms with Gasteiger partial charge in [-0.2, -0.15) is 0 Å². The molecule has 1 aromatic heterocycles. The summed E-state index contributed by atoms with van der Waals surface area (Å²) in [6.07, 6.45) is 2.61. The number of hydrogen-bond acceptors (Lipinski definition) is 4. The Morgan fingerprint density at radius 2 is 2.00 bits per heavy atom. The van der Waals surface area contributed by atoms with Crippen molar-refractivity contribution in [1.82, 2.24) is 0 Å². The Labute approximate surface area is 97.5 Å². The monoisotopic (exact) mass is 229 g/mol. The van der Waals surface area contributed by atoms with E-state index in [0.29, 0.717) is 0 Å². The van der Waals surface area contributed by atoms with Crippen LogP contribution in [0.1, 0.15) is 11.3 Å². The lowest BCUT2D eigenvalue weighted by molar-refractivity contribution is 0.291. The van der Waals surface area contributed by atoms with Gasteiger partial charge in [0.05, 0.1) is 0 Å². The van der Waals surface area contributed by atoms with E-state index in [9.17, 15) is 9.59 Å². The number of hydrogen-bond donors (Lipinski definition) is 0. The molecule has 0 fully saturated rings. The second-order valence-electron chi connectivity index (χ2n) is 3.35. The molecule has 1 aromatic carbocycles. The number of rotatable bonds is 4. The first-order chi connectivity index (χ1) is 8.29. The van der Waals surface area contributed by atoms with E-state index in [2.05, 4.69) is 0 Å². The number of ether oxygens (including phenoxy) is 1. The van der Waals surface area contributed by atoms with E-state index in [0.717, 1.165) is 17.9 Å². The Bertz CT molecular complexity index is 557. The summed E-state index contributed by atoms with van der Waals surface area (Å²) in [6, 6.07) is 10.5. The highest BCUT2D eigenvalue weighted by Crippen LogP contribution is 2.08. The predicted octanol–water partition coefficient (Wildman–Crippen LogP) is 1.68. The van der Waals surface area contributed by atoms with E-state index in [4.69, 9.17) is 9.15 Å². The molecular formula is C13H9O4. The van der Waals surface area contributed by atoms with E-state index in [1.165, 1.54) is 6.29 Å². The third-order valence-electron chi connectivity index (χ3n) is 2.14. The second kappa shape index (κ2) is 5.12. The van der Waals surface area contributed by atoms with Crippen LogP contribution in [-0.4, -0.2) is 6.29 Å². The molecule has 4 nitrogen and oxygen atoms in total. The van der Waals surface area contributed by atoms with Crippen molar-refractivity contribution in [2.75, 3.05) is 0 Å². The van der Waals surface area contributed by atoms with Crippen molar-refractivity contribution >= 4 is 6.29 Å². The van der Waals surface area contributed by atoms with E-state index >= 15 is 0 Å². The summed E-state index contributed by atoms with van der Waals surface area (Å²) in [4.78, 5) is 21.7. The van der Waals surface area contributed by atoms with Gasteiger partial charge in [-0.25, -0.2) is 0 Å². The summed E-state index contributed by atoms with van der Waals surface area (Å²) in [5.41, 5.74) is 0.545. The molecule has 85 valence electrons. The van der Waals surface area contributed by atoms with Gasteiger partial charge in [0.1, 0.15) is 12.9 Å². The summed E-state index contributed by atoms with van der Waals surface area (Å²) in [5, 5.41) is 0. The molecule has 0 bridgehead atoms. The molecule has 0 aliphatic heterocycles. The van der Waals surface area contributed by atoms with Crippen LogP contribution in [0, 0.1) is 0 Å². The predicted molar refractivity (Wildman–Crippen MR) is 60.5 cm³/mol. The lowest BCUT2D eigenvalue weighted by Crippen LogP contribution is -2.07. The SMILES string of the molecule is O=[C]c1cc(=O)c(OCc2ccccc2)co1. The van der Waals surface area contributed by atoms with Gasteiger partial charge >= 0.3 is 0 Å². The first kappa shape index (κ1) is 11.1. The molecule has 2 rings (SSSR count).